The van der Waals surface area contributed by atoms with Crippen molar-refractivity contribution in [1.82, 2.24) is 4.98 Å². The van der Waals surface area contributed by atoms with Gasteiger partial charge in [0.2, 0.25) is 0 Å². The van der Waals surface area contributed by atoms with Crippen LogP contribution in [0.5, 0.6) is 0 Å². The molecule has 0 atom stereocenters. The molecular formula is C23H15NO. The summed E-state index contributed by atoms with van der Waals surface area (Å²) in [7, 11) is 0. The molecule has 0 fully saturated rings. The normalized spacial score (nSPS) is 11.2. The Hall–Kier alpha value is -3.39. The molecule has 25 heavy (non-hydrogen) atoms. The molecule has 2 heterocycles. The molecule has 0 saturated heterocycles. The van der Waals surface area contributed by atoms with E-state index in [9.17, 15) is 0 Å². The third kappa shape index (κ3) is 2.39. The Morgan fingerprint density at radius 2 is 1.32 bits per heavy atom. The molecule has 0 bridgehead atoms. The first-order chi connectivity index (χ1) is 12.4. The molecule has 2 aromatic heterocycles. The first-order valence-corrected chi connectivity index (χ1v) is 8.32. The minimum atomic E-state index is 0.827. The molecule has 5 rings (SSSR count). The number of hydrogen-bond donors (Lipinski definition) is 0. The van der Waals surface area contributed by atoms with Gasteiger partial charge < -0.3 is 4.42 Å². The largest absolute Gasteiger partial charge is 0.454 e. The lowest BCUT2D eigenvalue weighted by molar-refractivity contribution is 0.668. The average molecular weight is 321 g/mol. The molecule has 0 spiro atoms. The van der Waals surface area contributed by atoms with Crippen LogP contribution in [-0.4, -0.2) is 4.98 Å². The predicted molar refractivity (Wildman–Crippen MR) is 102 cm³/mol. The van der Waals surface area contributed by atoms with Gasteiger partial charge >= 0.3 is 0 Å². The molecule has 0 aliphatic heterocycles. The van der Waals surface area contributed by atoms with Crippen molar-refractivity contribution >= 4 is 22.1 Å². The van der Waals surface area contributed by atoms with Crippen LogP contribution in [0.4, 0.5) is 0 Å². The zero-order valence-corrected chi connectivity index (χ0v) is 13.5. The van der Waals surface area contributed by atoms with Gasteiger partial charge in [0, 0.05) is 11.6 Å². The monoisotopic (exact) mass is 321 g/mol. The summed E-state index contributed by atoms with van der Waals surface area (Å²) < 4.78 is 5.87. The molecule has 0 saturated carbocycles. The summed E-state index contributed by atoms with van der Waals surface area (Å²) in [6, 6.07) is 29.2. The minimum absolute atomic E-state index is 0.827. The van der Waals surface area contributed by atoms with E-state index in [0.29, 0.717) is 0 Å². The Morgan fingerprint density at radius 3 is 2.20 bits per heavy atom. The fraction of sp³-hybridized carbons (Fsp3) is 0. The van der Waals surface area contributed by atoms with Crippen molar-refractivity contribution in [2.75, 3.05) is 0 Å². The quantitative estimate of drug-likeness (QED) is 0.380. The van der Waals surface area contributed by atoms with E-state index in [2.05, 4.69) is 65.6 Å². The van der Waals surface area contributed by atoms with Crippen molar-refractivity contribution in [2.45, 2.75) is 0 Å². The van der Waals surface area contributed by atoms with Crippen LogP contribution in [0.25, 0.3) is 44.3 Å². The summed E-state index contributed by atoms with van der Waals surface area (Å²) in [6.07, 6.45) is 1.81. The highest BCUT2D eigenvalue weighted by atomic mass is 16.3. The summed E-state index contributed by atoms with van der Waals surface area (Å²) in [5.41, 5.74) is 7.41. The van der Waals surface area contributed by atoms with Gasteiger partial charge in [0.25, 0.3) is 0 Å². The van der Waals surface area contributed by atoms with Crippen molar-refractivity contribution in [1.29, 1.82) is 0 Å². The van der Waals surface area contributed by atoms with E-state index in [0.717, 1.165) is 22.1 Å². The van der Waals surface area contributed by atoms with E-state index in [-0.39, 0.29) is 0 Å². The van der Waals surface area contributed by atoms with Gasteiger partial charge in [-0.3, -0.25) is 4.98 Å². The Kier molecular flexibility index (Phi) is 3.14. The molecule has 0 aliphatic carbocycles. The molecule has 0 aliphatic rings. The molecule has 5 aromatic rings. The number of fused-ring (bicyclic) bond motifs is 3. The van der Waals surface area contributed by atoms with Gasteiger partial charge in [0.15, 0.2) is 5.58 Å². The van der Waals surface area contributed by atoms with E-state index < -0.39 is 0 Å². The van der Waals surface area contributed by atoms with Crippen molar-refractivity contribution in [2.24, 2.45) is 0 Å². The maximum absolute atomic E-state index is 5.87. The first-order valence-electron chi connectivity index (χ1n) is 8.32. The first kappa shape index (κ1) is 14.0. The summed E-state index contributed by atoms with van der Waals surface area (Å²) in [5, 5.41) is 1.05. The van der Waals surface area contributed by atoms with Crippen LogP contribution < -0.4 is 0 Å². The van der Waals surface area contributed by atoms with Gasteiger partial charge in [-0.2, -0.15) is 0 Å². The molecule has 0 amide bonds. The van der Waals surface area contributed by atoms with E-state index in [4.69, 9.17) is 4.42 Å². The van der Waals surface area contributed by atoms with E-state index in [1.54, 1.807) is 6.20 Å². The molecular weight excluding hydrogens is 306 g/mol. The van der Waals surface area contributed by atoms with Crippen molar-refractivity contribution in [3.63, 3.8) is 0 Å². The third-order valence-electron chi connectivity index (χ3n) is 4.53. The van der Waals surface area contributed by atoms with Gasteiger partial charge in [-0.15, -0.1) is 0 Å². The van der Waals surface area contributed by atoms with Crippen molar-refractivity contribution in [3.05, 3.63) is 91.1 Å². The fourth-order valence-electron chi connectivity index (χ4n) is 3.29. The Bertz CT molecular complexity index is 1190. The zero-order valence-electron chi connectivity index (χ0n) is 13.5. The summed E-state index contributed by atoms with van der Waals surface area (Å²) >= 11 is 0. The molecule has 118 valence electrons. The van der Waals surface area contributed by atoms with Gasteiger partial charge in [-0.05, 0) is 52.6 Å². The van der Waals surface area contributed by atoms with Crippen LogP contribution in [0.1, 0.15) is 0 Å². The molecule has 3 aromatic carbocycles. The highest BCUT2D eigenvalue weighted by molar-refractivity contribution is 6.03. The lowest BCUT2D eigenvalue weighted by atomic mass is 9.98. The molecule has 0 radical (unpaired) electrons. The van der Waals surface area contributed by atoms with E-state index in [1.807, 2.05) is 24.3 Å². The lowest BCUT2D eigenvalue weighted by Gasteiger charge is -2.06. The van der Waals surface area contributed by atoms with Gasteiger partial charge in [-0.1, -0.05) is 54.6 Å². The second kappa shape index (κ2) is 5.60. The van der Waals surface area contributed by atoms with Crippen LogP contribution in [-0.2, 0) is 0 Å². The smallest absolute Gasteiger partial charge is 0.153 e. The highest BCUT2D eigenvalue weighted by Crippen LogP contribution is 2.32. The van der Waals surface area contributed by atoms with Crippen molar-refractivity contribution in [3.8, 4) is 22.3 Å². The van der Waals surface area contributed by atoms with Crippen LogP contribution >= 0.6 is 0 Å². The summed E-state index contributed by atoms with van der Waals surface area (Å²) in [4.78, 5) is 4.48. The molecule has 2 nitrogen and oxygen atoms in total. The highest BCUT2D eigenvalue weighted by Gasteiger charge is 2.09. The minimum Gasteiger partial charge on any atom is -0.454 e. The molecule has 0 unspecified atom stereocenters. The Balaban J connectivity index is 1.67. The standard InChI is InChI=1S/C23H15NO/c1-2-6-16(7-3-1)17-8-4-9-18(14-17)19-11-12-21-20(15-19)23-22(25-21)10-5-13-24-23/h1-15H. The SMILES string of the molecule is c1ccc(-c2cccc(-c3ccc4oc5cccnc5c4c3)c2)cc1. The van der Waals surface area contributed by atoms with Gasteiger partial charge in [0.1, 0.15) is 11.1 Å². The van der Waals surface area contributed by atoms with Crippen LogP contribution in [0.3, 0.4) is 0 Å². The zero-order chi connectivity index (χ0) is 16.6. The fourth-order valence-corrected chi connectivity index (χ4v) is 3.29. The predicted octanol–water partition coefficient (Wildman–Crippen LogP) is 6.32. The second-order valence-electron chi connectivity index (χ2n) is 6.11. The molecule has 2 heteroatoms. The summed E-state index contributed by atoms with van der Waals surface area (Å²) in [5.74, 6) is 0. The second-order valence-corrected chi connectivity index (χ2v) is 6.11. The Labute approximate surface area is 145 Å². The number of furan rings is 1. The number of aromatic nitrogens is 1. The number of rotatable bonds is 2. The van der Waals surface area contributed by atoms with Crippen LogP contribution in [0, 0.1) is 0 Å². The lowest BCUT2D eigenvalue weighted by Crippen LogP contribution is -1.81. The van der Waals surface area contributed by atoms with E-state index >= 15 is 0 Å². The van der Waals surface area contributed by atoms with Crippen molar-refractivity contribution < 1.29 is 4.42 Å². The topological polar surface area (TPSA) is 26.0 Å². The number of hydrogen-bond acceptors (Lipinski definition) is 2. The number of pyridine rings is 1. The average Bonchev–Trinajstić information content (AvgIpc) is 3.07. The van der Waals surface area contributed by atoms with Crippen LogP contribution in [0.15, 0.2) is 95.5 Å². The third-order valence-corrected chi connectivity index (χ3v) is 4.53. The summed E-state index contributed by atoms with van der Waals surface area (Å²) in [6.45, 7) is 0. The maximum Gasteiger partial charge on any atom is 0.153 e. The number of benzene rings is 3. The van der Waals surface area contributed by atoms with Gasteiger partial charge in [-0.25, -0.2) is 0 Å². The van der Waals surface area contributed by atoms with Gasteiger partial charge in [0.05, 0.1) is 0 Å². The Morgan fingerprint density at radius 1 is 0.560 bits per heavy atom. The maximum atomic E-state index is 5.87. The van der Waals surface area contributed by atoms with Crippen LogP contribution in [0.2, 0.25) is 0 Å². The number of nitrogens with zero attached hydrogens (tertiary/aromatic N) is 1. The van der Waals surface area contributed by atoms with E-state index in [1.165, 1.54) is 22.3 Å². The molecule has 0 N–H and O–H groups in total.